The third kappa shape index (κ3) is 3.44. The molecule has 0 saturated heterocycles. The van der Waals surface area contributed by atoms with Crippen LogP contribution in [0.2, 0.25) is 0 Å². The van der Waals surface area contributed by atoms with E-state index in [0.717, 1.165) is 25.0 Å². The second-order valence-corrected chi connectivity index (χ2v) is 7.18. The maximum atomic E-state index is 6.39. The Morgan fingerprint density at radius 3 is 2.52 bits per heavy atom. The Kier molecular flexibility index (Phi) is 4.78. The zero-order valence-electron chi connectivity index (χ0n) is 15.1. The fourth-order valence-corrected chi connectivity index (χ4v) is 4.13. The first-order valence-electron chi connectivity index (χ1n) is 9.58. The van der Waals surface area contributed by atoms with Crippen molar-refractivity contribution in [1.29, 1.82) is 0 Å². The molecule has 4 rings (SSSR count). The molecule has 0 aromatic carbocycles. The molecule has 0 saturated carbocycles. The van der Waals surface area contributed by atoms with Crippen LogP contribution in [0.3, 0.4) is 0 Å². The number of nitrogens with one attached hydrogen (secondary N) is 1. The van der Waals surface area contributed by atoms with Crippen molar-refractivity contribution < 1.29 is 4.74 Å². The van der Waals surface area contributed by atoms with Crippen molar-refractivity contribution in [1.82, 2.24) is 5.32 Å². The van der Waals surface area contributed by atoms with Gasteiger partial charge in [-0.15, -0.1) is 0 Å². The smallest absolute Gasteiger partial charge is 0.196 e. The van der Waals surface area contributed by atoms with Gasteiger partial charge in [-0.3, -0.25) is 0 Å². The summed E-state index contributed by atoms with van der Waals surface area (Å²) >= 11 is 0. The van der Waals surface area contributed by atoms with E-state index in [1.165, 1.54) is 53.7 Å². The second-order valence-electron chi connectivity index (χ2n) is 7.18. The van der Waals surface area contributed by atoms with Gasteiger partial charge in [-0.2, -0.15) is 0 Å². The summed E-state index contributed by atoms with van der Waals surface area (Å²) in [7, 11) is 0. The largest absolute Gasteiger partial charge is 0.469 e. The summed E-state index contributed by atoms with van der Waals surface area (Å²) in [4.78, 5) is 0. The van der Waals surface area contributed by atoms with Gasteiger partial charge in [0.1, 0.15) is 5.76 Å². The Balaban J connectivity index is 1.66. The number of rotatable bonds is 1. The molecule has 3 aliphatic carbocycles. The predicted octanol–water partition coefficient (Wildman–Crippen LogP) is 5.75. The third-order valence-electron chi connectivity index (χ3n) is 5.47. The van der Waals surface area contributed by atoms with Crippen LogP contribution in [0.25, 0.3) is 0 Å². The molecule has 0 amide bonds. The maximum absolute atomic E-state index is 6.39. The predicted molar refractivity (Wildman–Crippen MR) is 104 cm³/mol. The van der Waals surface area contributed by atoms with Crippen molar-refractivity contribution in [3.8, 4) is 0 Å². The number of hydrogen-bond acceptors (Lipinski definition) is 2. The average molecular weight is 333 g/mol. The zero-order valence-corrected chi connectivity index (χ0v) is 15.1. The standard InChI is InChI=1S/C23H27NO/c1-17-11-9-10-14-20(19-13-6-4-5-12-18(17)19)23-24-21-15-7-2-3-8-16-22(21)25-23/h2-3,7-11,14,23-24H,4-6,12-13,15-16H2,1H3/b7-2-,8-3-,10-9-,11-9?,14-10?,17-11+,18-17?,20-14+,20-19?. The zero-order chi connectivity index (χ0) is 17.1. The quantitative estimate of drug-likeness (QED) is 0.659. The monoisotopic (exact) mass is 333 g/mol. The molecule has 1 heterocycles. The van der Waals surface area contributed by atoms with Gasteiger partial charge >= 0.3 is 0 Å². The maximum Gasteiger partial charge on any atom is 0.196 e. The molecule has 25 heavy (non-hydrogen) atoms. The molecule has 0 aromatic heterocycles. The van der Waals surface area contributed by atoms with E-state index in [2.05, 4.69) is 60.8 Å². The topological polar surface area (TPSA) is 21.3 Å². The molecular formula is C23H27NO. The first-order chi connectivity index (χ1) is 12.3. The Bertz CT molecular complexity index is 729. The number of allylic oxidation sites excluding steroid dienone is 10. The number of hydrogen-bond donors (Lipinski definition) is 1. The summed E-state index contributed by atoms with van der Waals surface area (Å²) in [6.45, 7) is 2.25. The highest BCUT2D eigenvalue weighted by Gasteiger charge is 2.30. The van der Waals surface area contributed by atoms with E-state index in [9.17, 15) is 0 Å². The summed E-state index contributed by atoms with van der Waals surface area (Å²) < 4.78 is 6.39. The fraction of sp³-hybridized carbons (Fsp3) is 0.391. The van der Waals surface area contributed by atoms with Gasteiger partial charge in [-0.25, -0.2) is 0 Å². The first kappa shape index (κ1) is 16.3. The van der Waals surface area contributed by atoms with Crippen molar-refractivity contribution in [3.63, 3.8) is 0 Å². The van der Waals surface area contributed by atoms with Crippen molar-refractivity contribution in [2.75, 3.05) is 0 Å². The highest BCUT2D eigenvalue weighted by Crippen LogP contribution is 2.37. The third-order valence-corrected chi connectivity index (χ3v) is 5.47. The van der Waals surface area contributed by atoms with Crippen LogP contribution >= 0.6 is 0 Å². The van der Waals surface area contributed by atoms with E-state index < -0.39 is 0 Å². The number of ether oxygens (including phenoxy) is 1. The van der Waals surface area contributed by atoms with E-state index in [1.54, 1.807) is 0 Å². The van der Waals surface area contributed by atoms with E-state index >= 15 is 0 Å². The van der Waals surface area contributed by atoms with Crippen LogP contribution in [-0.2, 0) is 4.74 Å². The molecule has 0 spiro atoms. The van der Waals surface area contributed by atoms with Crippen LogP contribution in [0.5, 0.6) is 0 Å². The lowest BCUT2D eigenvalue weighted by atomic mass is 9.89. The molecule has 0 fully saturated rings. The molecule has 1 unspecified atom stereocenters. The minimum atomic E-state index is -0.0523. The second kappa shape index (κ2) is 7.35. The van der Waals surface area contributed by atoms with Gasteiger partial charge in [0, 0.05) is 18.4 Å². The molecular weight excluding hydrogens is 306 g/mol. The summed E-state index contributed by atoms with van der Waals surface area (Å²) in [5.41, 5.74) is 7.02. The van der Waals surface area contributed by atoms with Crippen molar-refractivity contribution in [3.05, 3.63) is 82.4 Å². The fourth-order valence-electron chi connectivity index (χ4n) is 4.13. The summed E-state index contributed by atoms with van der Waals surface area (Å²) in [6.07, 6.45) is 25.4. The van der Waals surface area contributed by atoms with Gasteiger partial charge < -0.3 is 10.1 Å². The van der Waals surface area contributed by atoms with Crippen molar-refractivity contribution in [2.45, 2.75) is 58.1 Å². The van der Waals surface area contributed by atoms with E-state index in [1.807, 2.05) is 0 Å². The lowest BCUT2D eigenvalue weighted by Gasteiger charge is -2.23. The first-order valence-corrected chi connectivity index (χ1v) is 9.58. The minimum Gasteiger partial charge on any atom is -0.469 e. The van der Waals surface area contributed by atoms with Gasteiger partial charge in [-0.05, 0) is 49.3 Å². The van der Waals surface area contributed by atoms with Gasteiger partial charge in [-0.1, -0.05) is 55.0 Å². The van der Waals surface area contributed by atoms with Crippen molar-refractivity contribution in [2.24, 2.45) is 0 Å². The lowest BCUT2D eigenvalue weighted by Crippen LogP contribution is -2.28. The minimum absolute atomic E-state index is 0.0523. The molecule has 0 radical (unpaired) electrons. The highest BCUT2D eigenvalue weighted by atomic mass is 16.5. The highest BCUT2D eigenvalue weighted by molar-refractivity contribution is 5.50. The van der Waals surface area contributed by atoms with Gasteiger partial charge in [0.05, 0.1) is 5.70 Å². The summed E-state index contributed by atoms with van der Waals surface area (Å²) in [5, 5.41) is 3.66. The Hall–Kier alpha value is -2.22. The van der Waals surface area contributed by atoms with Crippen LogP contribution in [-0.4, -0.2) is 6.23 Å². The van der Waals surface area contributed by atoms with E-state index in [0.29, 0.717) is 0 Å². The van der Waals surface area contributed by atoms with Crippen LogP contribution in [0.1, 0.15) is 51.9 Å². The molecule has 4 aliphatic rings. The molecule has 130 valence electrons. The Morgan fingerprint density at radius 1 is 0.880 bits per heavy atom. The molecule has 0 bridgehead atoms. The van der Waals surface area contributed by atoms with E-state index in [-0.39, 0.29) is 6.23 Å². The van der Waals surface area contributed by atoms with Crippen molar-refractivity contribution >= 4 is 0 Å². The van der Waals surface area contributed by atoms with Gasteiger partial charge in [0.15, 0.2) is 6.23 Å². The summed E-state index contributed by atoms with van der Waals surface area (Å²) in [6, 6.07) is 0. The van der Waals surface area contributed by atoms with Gasteiger partial charge in [0.25, 0.3) is 0 Å². The molecule has 1 aliphatic heterocycles. The van der Waals surface area contributed by atoms with Crippen LogP contribution in [0.4, 0.5) is 0 Å². The van der Waals surface area contributed by atoms with E-state index in [4.69, 9.17) is 4.74 Å². The Labute approximate surface area is 151 Å². The lowest BCUT2D eigenvalue weighted by molar-refractivity contribution is 0.156. The van der Waals surface area contributed by atoms with Crippen LogP contribution < -0.4 is 5.32 Å². The molecule has 0 aromatic rings. The van der Waals surface area contributed by atoms with Crippen LogP contribution in [0, 0.1) is 0 Å². The molecule has 1 N–H and O–H groups in total. The van der Waals surface area contributed by atoms with Crippen LogP contribution in [0.15, 0.2) is 82.4 Å². The molecule has 2 heteroatoms. The van der Waals surface area contributed by atoms with Gasteiger partial charge in [0.2, 0.25) is 0 Å². The molecule has 2 nitrogen and oxygen atoms in total. The Morgan fingerprint density at radius 2 is 1.64 bits per heavy atom. The average Bonchev–Trinajstić information content (AvgIpc) is 2.81. The molecule has 1 atom stereocenters. The normalized spacial score (nSPS) is 34.2. The SMILES string of the molecule is C\C1=C/C=C\C=C(\C2NC3=C(C/C=C\C=C/C3)O2)C2=C1CCCCC2. The summed E-state index contributed by atoms with van der Waals surface area (Å²) in [5.74, 6) is 1.10.